The third-order valence-corrected chi connectivity index (χ3v) is 5.91. The number of halogens is 6. The standard InChI is InChI=1S/C19H18Cl3F3N6S/c1-11-16(22)17(19(23,24)25)29-31(11)8-3-7-26-18(32)27-15-6-9-30(28-15)10-12-13(20)4-2-5-14(12)21/h2,4-6,9H,3,7-8,10H2,1H3,(H2,26,27,28,32). The van der Waals surface area contributed by atoms with Crippen molar-refractivity contribution < 1.29 is 13.2 Å². The van der Waals surface area contributed by atoms with E-state index in [1.165, 1.54) is 11.6 Å². The SMILES string of the molecule is Cc1c(Cl)c(C(F)(F)F)nn1CCCNC(=S)Nc1ccn(Cc2c(Cl)cccc2Cl)n1. The van der Waals surface area contributed by atoms with Gasteiger partial charge in [0.15, 0.2) is 16.6 Å². The fourth-order valence-electron chi connectivity index (χ4n) is 2.88. The van der Waals surface area contributed by atoms with Crippen LogP contribution in [-0.4, -0.2) is 31.2 Å². The molecule has 0 unspecified atom stereocenters. The summed E-state index contributed by atoms with van der Waals surface area (Å²) in [4.78, 5) is 0. The monoisotopic (exact) mass is 524 g/mol. The zero-order valence-electron chi connectivity index (χ0n) is 16.7. The third-order valence-electron chi connectivity index (χ3n) is 4.50. The Labute approximate surface area is 202 Å². The van der Waals surface area contributed by atoms with Crippen LogP contribution in [0.3, 0.4) is 0 Å². The molecule has 2 aromatic heterocycles. The summed E-state index contributed by atoms with van der Waals surface area (Å²) < 4.78 is 41.6. The highest BCUT2D eigenvalue weighted by Gasteiger charge is 2.38. The molecule has 13 heteroatoms. The highest BCUT2D eigenvalue weighted by Crippen LogP contribution is 2.35. The van der Waals surface area contributed by atoms with E-state index in [9.17, 15) is 13.2 Å². The second kappa shape index (κ2) is 10.3. The van der Waals surface area contributed by atoms with Crippen molar-refractivity contribution in [2.75, 3.05) is 11.9 Å². The lowest BCUT2D eigenvalue weighted by molar-refractivity contribution is -0.141. The summed E-state index contributed by atoms with van der Waals surface area (Å²) in [5, 5.41) is 14.9. The minimum Gasteiger partial charge on any atom is -0.362 e. The Morgan fingerprint density at radius 3 is 2.44 bits per heavy atom. The Morgan fingerprint density at radius 1 is 1.12 bits per heavy atom. The fraction of sp³-hybridized carbons (Fsp3) is 0.316. The van der Waals surface area contributed by atoms with Crippen LogP contribution < -0.4 is 10.6 Å². The number of rotatable bonds is 7. The van der Waals surface area contributed by atoms with E-state index in [1.807, 2.05) is 0 Å². The predicted octanol–water partition coefficient (Wildman–Crippen LogP) is 5.79. The van der Waals surface area contributed by atoms with E-state index in [-0.39, 0.29) is 17.3 Å². The topological polar surface area (TPSA) is 59.7 Å². The van der Waals surface area contributed by atoms with Gasteiger partial charge in [0.05, 0.1) is 17.3 Å². The summed E-state index contributed by atoms with van der Waals surface area (Å²) in [6, 6.07) is 7.03. The molecule has 2 heterocycles. The van der Waals surface area contributed by atoms with Crippen molar-refractivity contribution in [1.82, 2.24) is 24.9 Å². The minimum absolute atomic E-state index is 0.254. The van der Waals surface area contributed by atoms with Gasteiger partial charge in [-0.3, -0.25) is 9.36 Å². The van der Waals surface area contributed by atoms with Gasteiger partial charge in [-0.1, -0.05) is 40.9 Å². The molecule has 1 aromatic carbocycles. The Bertz CT molecular complexity index is 1090. The van der Waals surface area contributed by atoms with Gasteiger partial charge in [-0.15, -0.1) is 0 Å². The molecule has 0 saturated carbocycles. The molecule has 0 fully saturated rings. The third kappa shape index (κ3) is 6.06. The van der Waals surface area contributed by atoms with Crippen LogP contribution in [0.25, 0.3) is 0 Å². The number of hydrogen-bond donors (Lipinski definition) is 2. The summed E-state index contributed by atoms with van der Waals surface area (Å²) in [6.07, 6.45) is -2.35. The van der Waals surface area contributed by atoms with E-state index >= 15 is 0 Å². The average Bonchev–Trinajstić information content (AvgIpc) is 3.26. The van der Waals surface area contributed by atoms with Gasteiger partial charge in [0, 0.05) is 41.0 Å². The number of nitrogens with zero attached hydrogens (tertiary/aromatic N) is 4. The van der Waals surface area contributed by atoms with E-state index in [0.29, 0.717) is 40.5 Å². The van der Waals surface area contributed by atoms with E-state index in [1.54, 1.807) is 35.1 Å². The molecule has 0 bridgehead atoms. The van der Waals surface area contributed by atoms with Crippen LogP contribution in [0.1, 0.15) is 23.4 Å². The van der Waals surface area contributed by atoms with Gasteiger partial charge >= 0.3 is 6.18 Å². The molecule has 0 saturated heterocycles. The van der Waals surface area contributed by atoms with E-state index in [0.717, 1.165) is 5.56 Å². The molecule has 32 heavy (non-hydrogen) atoms. The molecular weight excluding hydrogens is 508 g/mol. The smallest absolute Gasteiger partial charge is 0.362 e. The van der Waals surface area contributed by atoms with Crippen molar-refractivity contribution in [2.45, 2.75) is 32.6 Å². The molecule has 0 amide bonds. The first-order valence-corrected chi connectivity index (χ1v) is 10.9. The Balaban J connectivity index is 1.47. The molecule has 3 rings (SSSR count). The second-order valence-electron chi connectivity index (χ2n) is 6.80. The Hall–Kier alpha value is -2.01. The van der Waals surface area contributed by atoms with Crippen molar-refractivity contribution in [2.24, 2.45) is 0 Å². The molecule has 0 atom stereocenters. The number of nitrogens with one attached hydrogen (secondary N) is 2. The zero-order chi connectivity index (χ0) is 23.5. The van der Waals surface area contributed by atoms with Crippen LogP contribution >= 0.6 is 47.0 Å². The van der Waals surface area contributed by atoms with Gasteiger partial charge < -0.3 is 10.6 Å². The van der Waals surface area contributed by atoms with Crippen molar-refractivity contribution in [3.63, 3.8) is 0 Å². The lowest BCUT2D eigenvalue weighted by Crippen LogP contribution is -2.30. The summed E-state index contributed by atoms with van der Waals surface area (Å²) in [5.74, 6) is 0.523. The van der Waals surface area contributed by atoms with Crippen LogP contribution in [0.15, 0.2) is 30.5 Å². The van der Waals surface area contributed by atoms with E-state index < -0.39 is 11.9 Å². The summed E-state index contributed by atoms with van der Waals surface area (Å²) in [6.45, 7) is 2.56. The lowest BCUT2D eigenvalue weighted by atomic mass is 10.2. The first kappa shape index (κ1) is 24.6. The molecule has 172 valence electrons. The highest BCUT2D eigenvalue weighted by atomic mass is 35.5. The first-order chi connectivity index (χ1) is 15.1. The van der Waals surface area contributed by atoms with Gasteiger partial charge in [0.1, 0.15) is 0 Å². The first-order valence-electron chi connectivity index (χ1n) is 9.37. The highest BCUT2D eigenvalue weighted by molar-refractivity contribution is 7.80. The molecule has 0 aliphatic rings. The molecule has 0 aliphatic carbocycles. The van der Waals surface area contributed by atoms with Crippen LogP contribution in [-0.2, 0) is 19.3 Å². The maximum Gasteiger partial charge on any atom is 0.436 e. The van der Waals surface area contributed by atoms with Crippen LogP contribution in [0.4, 0.5) is 19.0 Å². The van der Waals surface area contributed by atoms with E-state index in [4.69, 9.17) is 47.0 Å². The lowest BCUT2D eigenvalue weighted by Gasteiger charge is -2.10. The van der Waals surface area contributed by atoms with Crippen molar-refractivity contribution in [1.29, 1.82) is 0 Å². The van der Waals surface area contributed by atoms with E-state index in [2.05, 4.69) is 20.8 Å². The number of aryl methyl sites for hydroxylation is 1. The average molecular weight is 526 g/mol. The maximum atomic E-state index is 12.9. The Morgan fingerprint density at radius 2 is 1.81 bits per heavy atom. The molecular formula is C19H18Cl3F3N6S. The molecule has 3 aromatic rings. The van der Waals surface area contributed by atoms with Crippen molar-refractivity contribution in [3.8, 4) is 0 Å². The van der Waals surface area contributed by atoms with Crippen molar-refractivity contribution in [3.05, 3.63) is 62.5 Å². The summed E-state index contributed by atoms with van der Waals surface area (Å²) in [5.41, 5.74) is -0.0479. The minimum atomic E-state index is -4.59. The van der Waals surface area contributed by atoms with Crippen LogP contribution in [0.2, 0.25) is 15.1 Å². The number of hydrogen-bond acceptors (Lipinski definition) is 3. The van der Waals surface area contributed by atoms with Gasteiger partial charge in [0.25, 0.3) is 0 Å². The van der Waals surface area contributed by atoms with Gasteiger partial charge in [-0.05, 0) is 37.7 Å². The molecule has 0 spiro atoms. The molecule has 0 aliphatic heterocycles. The zero-order valence-corrected chi connectivity index (χ0v) is 19.8. The molecule has 2 N–H and O–H groups in total. The number of alkyl halides is 3. The summed E-state index contributed by atoms with van der Waals surface area (Å²) >= 11 is 23.4. The number of anilines is 1. The van der Waals surface area contributed by atoms with Gasteiger partial charge in [-0.25, -0.2) is 0 Å². The second-order valence-corrected chi connectivity index (χ2v) is 8.40. The van der Waals surface area contributed by atoms with Crippen molar-refractivity contribution >= 4 is 58.0 Å². The fourth-order valence-corrected chi connectivity index (χ4v) is 3.84. The maximum absolute atomic E-state index is 12.9. The molecule has 6 nitrogen and oxygen atoms in total. The number of benzene rings is 1. The quantitative estimate of drug-likeness (QED) is 0.302. The van der Waals surface area contributed by atoms with Gasteiger partial charge in [0.2, 0.25) is 0 Å². The predicted molar refractivity (Wildman–Crippen MR) is 124 cm³/mol. The van der Waals surface area contributed by atoms with Crippen LogP contribution in [0.5, 0.6) is 0 Å². The largest absolute Gasteiger partial charge is 0.436 e. The number of thiocarbonyl (C=S) groups is 1. The Kier molecular flexibility index (Phi) is 7.92. The normalized spacial score (nSPS) is 11.6. The summed E-state index contributed by atoms with van der Waals surface area (Å²) in [7, 11) is 0. The van der Waals surface area contributed by atoms with Crippen LogP contribution in [0, 0.1) is 6.92 Å². The molecule has 0 radical (unpaired) electrons. The van der Waals surface area contributed by atoms with Gasteiger partial charge in [-0.2, -0.15) is 23.4 Å². The number of aromatic nitrogens is 4.